The Balaban J connectivity index is 1.92. The van der Waals surface area contributed by atoms with Gasteiger partial charge in [-0.2, -0.15) is 13.2 Å². The van der Waals surface area contributed by atoms with Gasteiger partial charge < -0.3 is 9.84 Å². The van der Waals surface area contributed by atoms with E-state index in [0.29, 0.717) is 23.5 Å². The molecule has 1 N–H and O–H groups in total. The van der Waals surface area contributed by atoms with Crippen LogP contribution in [0.2, 0.25) is 0 Å². The molecule has 3 nitrogen and oxygen atoms in total. The summed E-state index contributed by atoms with van der Waals surface area (Å²) in [4.78, 5) is 10.8. The second-order valence-corrected chi connectivity index (χ2v) is 7.48. The van der Waals surface area contributed by atoms with Crippen LogP contribution in [0.15, 0.2) is 66.8 Å². The molecule has 0 aliphatic heterocycles. The van der Waals surface area contributed by atoms with Crippen LogP contribution in [0.25, 0.3) is 5.57 Å². The van der Waals surface area contributed by atoms with Crippen LogP contribution in [0.4, 0.5) is 13.2 Å². The third-order valence-corrected chi connectivity index (χ3v) is 4.86. The highest BCUT2D eigenvalue weighted by Crippen LogP contribution is 2.45. The zero-order valence-electron chi connectivity index (χ0n) is 15.9. The number of carboxylic acids is 1. The number of hydrogen-bond acceptors (Lipinski definition) is 2. The summed E-state index contributed by atoms with van der Waals surface area (Å²) >= 11 is 0. The van der Waals surface area contributed by atoms with Gasteiger partial charge in [0.25, 0.3) is 0 Å². The van der Waals surface area contributed by atoms with Crippen LogP contribution < -0.4 is 4.74 Å². The minimum absolute atomic E-state index is 0.215. The predicted octanol–water partition coefficient (Wildman–Crippen LogP) is 5.96. The van der Waals surface area contributed by atoms with E-state index in [0.717, 1.165) is 36.6 Å². The molecule has 152 valence electrons. The van der Waals surface area contributed by atoms with Crippen molar-refractivity contribution >= 4 is 11.5 Å². The summed E-state index contributed by atoms with van der Waals surface area (Å²) < 4.78 is 44.5. The van der Waals surface area contributed by atoms with Gasteiger partial charge in [0.1, 0.15) is 5.75 Å². The highest BCUT2D eigenvalue weighted by atomic mass is 19.4. The molecule has 0 bridgehead atoms. The zero-order chi connectivity index (χ0) is 21.1. The maximum absolute atomic E-state index is 12.9. The van der Waals surface area contributed by atoms with Gasteiger partial charge in [0.2, 0.25) is 0 Å². The van der Waals surface area contributed by atoms with Crippen molar-refractivity contribution in [1.29, 1.82) is 0 Å². The number of carbonyl (C=O) groups is 1. The number of allylic oxidation sites excluding steroid dienone is 2. The second-order valence-electron chi connectivity index (χ2n) is 7.48. The van der Waals surface area contributed by atoms with Gasteiger partial charge in [0, 0.05) is 11.5 Å². The first-order valence-electron chi connectivity index (χ1n) is 9.18. The molecule has 1 aliphatic rings. The van der Waals surface area contributed by atoms with Gasteiger partial charge in [-0.15, -0.1) is 0 Å². The van der Waals surface area contributed by atoms with Crippen LogP contribution in [0.1, 0.15) is 36.5 Å². The van der Waals surface area contributed by atoms with E-state index >= 15 is 0 Å². The highest BCUT2D eigenvalue weighted by molar-refractivity contribution is 5.84. The molecule has 1 aliphatic carbocycles. The van der Waals surface area contributed by atoms with Gasteiger partial charge in [0.05, 0.1) is 12.2 Å². The molecule has 1 fully saturated rings. The summed E-state index contributed by atoms with van der Waals surface area (Å²) in [6, 6.07) is 12.0. The van der Waals surface area contributed by atoms with Gasteiger partial charge >= 0.3 is 12.1 Å². The van der Waals surface area contributed by atoms with Crippen LogP contribution in [0, 0.1) is 5.41 Å². The molecule has 0 unspecified atom stereocenters. The van der Waals surface area contributed by atoms with Gasteiger partial charge in [-0.1, -0.05) is 43.3 Å². The standard InChI is InChI=1S/C23H21F3O3/c1-22(12-13-22)15-29-19-5-2-4-17(14-19)20(6-3-7-21(27)28)16-8-10-18(11-9-16)23(24,25)26/h2-11,14H,12-13,15H2,1H3,(H,27,28)/b7-3+,20-6-. The SMILES string of the molecule is CC1(COc2cccc(/C(=C\C=C\C(=O)O)c3ccc(C(F)(F)F)cc3)c2)CC1. The lowest BCUT2D eigenvalue weighted by atomic mass is 9.96. The molecular weight excluding hydrogens is 381 g/mol. The lowest BCUT2D eigenvalue weighted by Crippen LogP contribution is -2.08. The molecule has 6 heteroatoms. The normalized spacial score (nSPS) is 16.1. The Morgan fingerprint density at radius 2 is 1.83 bits per heavy atom. The smallest absolute Gasteiger partial charge is 0.416 e. The van der Waals surface area contributed by atoms with Crippen molar-refractivity contribution in [3.63, 3.8) is 0 Å². The minimum Gasteiger partial charge on any atom is -0.493 e. The molecule has 29 heavy (non-hydrogen) atoms. The van der Waals surface area contributed by atoms with E-state index in [2.05, 4.69) is 6.92 Å². The summed E-state index contributed by atoms with van der Waals surface area (Å²) in [5.41, 5.74) is 1.33. The number of aliphatic carboxylic acids is 1. The molecule has 0 radical (unpaired) electrons. The summed E-state index contributed by atoms with van der Waals surface area (Å²) in [5, 5.41) is 8.83. The lowest BCUT2D eigenvalue weighted by molar-refractivity contribution is -0.137. The van der Waals surface area contributed by atoms with Crippen molar-refractivity contribution in [2.24, 2.45) is 5.41 Å². The fraction of sp³-hybridized carbons (Fsp3) is 0.261. The van der Waals surface area contributed by atoms with Crippen molar-refractivity contribution in [2.75, 3.05) is 6.61 Å². The molecule has 0 saturated heterocycles. The van der Waals surface area contributed by atoms with Gasteiger partial charge in [-0.25, -0.2) is 4.79 Å². The number of rotatable bonds is 7. The van der Waals surface area contributed by atoms with E-state index in [9.17, 15) is 18.0 Å². The molecule has 2 aromatic carbocycles. The third kappa shape index (κ3) is 5.73. The number of halogens is 3. The minimum atomic E-state index is -4.42. The quantitative estimate of drug-likeness (QED) is 0.459. The fourth-order valence-electron chi connectivity index (χ4n) is 2.79. The summed E-state index contributed by atoms with van der Waals surface area (Å²) in [6.45, 7) is 2.76. The van der Waals surface area contributed by atoms with Crippen LogP contribution in [-0.2, 0) is 11.0 Å². The summed E-state index contributed by atoms with van der Waals surface area (Å²) in [7, 11) is 0. The third-order valence-electron chi connectivity index (χ3n) is 4.86. The van der Waals surface area contributed by atoms with Crippen molar-refractivity contribution in [2.45, 2.75) is 25.9 Å². The van der Waals surface area contributed by atoms with Crippen LogP contribution >= 0.6 is 0 Å². The van der Waals surface area contributed by atoms with Crippen LogP contribution in [0.3, 0.4) is 0 Å². The van der Waals surface area contributed by atoms with E-state index in [1.54, 1.807) is 12.1 Å². The predicted molar refractivity (Wildman–Crippen MR) is 105 cm³/mol. The maximum Gasteiger partial charge on any atom is 0.416 e. The van der Waals surface area contributed by atoms with Crippen molar-refractivity contribution in [3.8, 4) is 5.75 Å². The Hall–Kier alpha value is -3.02. The van der Waals surface area contributed by atoms with E-state index < -0.39 is 17.7 Å². The molecule has 1 saturated carbocycles. The summed E-state index contributed by atoms with van der Waals surface area (Å²) in [5.74, 6) is -0.446. The lowest BCUT2D eigenvalue weighted by Gasteiger charge is -2.14. The van der Waals surface area contributed by atoms with E-state index in [1.165, 1.54) is 18.2 Å². The van der Waals surface area contributed by atoms with Crippen molar-refractivity contribution in [3.05, 3.63) is 83.4 Å². The Kier molecular flexibility index (Phi) is 5.82. The Morgan fingerprint density at radius 1 is 1.14 bits per heavy atom. The Bertz CT molecular complexity index is 937. The number of ether oxygens (including phenoxy) is 1. The molecule has 0 spiro atoms. The van der Waals surface area contributed by atoms with Gasteiger partial charge in [-0.05, 0) is 53.8 Å². The first-order valence-corrected chi connectivity index (χ1v) is 9.18. The van der Waals surface area contributed by atoms with E-state index in [-0.39, 0.29) is 5.41 Å². The summed E-state index contributed by atoms with van der Waals surface area (Å²) in [6.07, 6.45) is 1.73. The molecule has 0 heterocycles. The molecule has 0 atom stereocenters. The highest BCUT2D eigenvalue weighted by Gasteiger charge is 2.38. The van der Waals surface area contributed by atoms with Gasteiger partial charge in [0.15, 0.2) is 0 Å². The molecule has 2 aromatic rings. The number of alkyl halides is 3. The number of carboxylic acid groups (broad SMARTS) is 1. The van der Waals surface area contributed by atoms with Crippen LogP contribution in [-0.4, -0.2) is 17.7 Å². The molecular formula is C23H21F3O3. The van der Waals surface area contributed by atoms with Crippen molar-refractivity contribution < 1.29 is 27.8 Å². The Labute approximate surface area is 167 Å². The van der Waals surface area contributed by atoms with E-state index in [1.807, 2.05) is 18.2 Å². The fourth-order valence-corrected chi connectivity index (χ4v) is 2.79. The second kappa shape index (κ2) is 8.15. The van der Waals surface area contributed by atoms with Crippen molar-refractivity contribution in [1.82, 2.24) is 0 Å². The number of benzene rings is 2. The molecule has 0 aromatic heterocycles. The average Bonchev–Trinajstić information content (AvgIpc) is 3.41. The van der Waals surface area contributed by atoms with Gasteiger partial charge in [-0.3, -0.25) is 0 Å². The zero-order valence-corrected chi connectivity index (χ0v) is 15.9. The molecule has 3 rings (SSSR count). The first-order chi connectivity index (χ1) is 13.7. The first kappa shape index (κ1) is 20.7. The largest absolute Gasteiger partial charge is 0.493 e. The van der Waals surface area contributed by atoms with E-state index in [4.69, 9.17) is 9.84 Å². The van der Waals surface area contributed by atoms with Crippen LogP contribution in [0.5, 0.6) is 5.75 Å². The average molecular weight is 402 g/mol. The topological polar surface area (TPSA) is 46.5 Å². The Morgan fingerprint density at radius 3 is 2.41 bits per heavy atom. The number of hydrogen-bond donors (Lipinski definition) is 1. The molecule has 0 amide bonds. The maximum atomic E-state index is 12.9. The monoisotopic (exact) mass is 402 g/mol.